The van der Waals surface area contributed by atoms with Crippen molar-refractivity contribution in [3.05, 3.63) is 66.0 Å². The summed E-state index contributed by atoms with van der Waals surface area (Å²) in [4.78, 5) is 29.7. The van der Waals surface area contributed by atoms with Gasteiger partial charge in [0.25, 0.3) is 5.91 Å². The number of halogens is 1. The second-order valence-corrected chi connectivity index (χ2v) is 5.25. The molecule has 1 aliphatic heterocycles. The molecular weight excluding hydrogens is 295 g/mol. The summed E-state index contributed by atoms with van der Waals surface area (Å²) in [6.45, 7) is 0.454. The van der Waals surface area contributed by atoms with Crippen molar-refractivity contribution in [2.24, 2.45) is 4.99 Å². The lowest BCUT2D eigenvalue weighted by Crippen LogP contribution is -2.30. The molecule has 0 bridgehead atoms. The van der Waals surface area contributed by atoms with E-state index >= 15 is 0 Å². The van der Waals surface area contributed by atoms with E-state index in [9.17, 15) is 14.0 Å². The first-order chi connectivity index (χ1) is 11.1. The van der Waals surface area contributed by atoms with Gasteiger partial charge in [0.1, 0.15) is 11.5 Å². The third-order valence-electron chi connectivity index (χ3n) is 3.65. The highest BCUT2D eigenvalue weighted by Crippen LogP contribution is 2.21. The van der Waals surface area contributed by atoms with Gasteiger partial charge in [-0.15, -0.1) is 0 Å². The molecule has 2 aromatic carbocycles. The van der Waals surface area contributed by atoms with Gasteiger partial charge in [-0.05, 0) is 36.2 Å². The summed E-state index contributed by atoms with van der Waals surface area (Å²) in [5.74, 6) is -1.17. The first-order valence-electron chi connectivity index (χ1n) is 7.35. The molecule has 0 spiro atoms. The number of amides is 2. The minimum Gasteiger partial charge on any atom is -0.283 e. The van der Waals surface area contributed by atoms with Crippen LogP contribution in [0.5, 0.6) is 0 Å². The van der Waals surface area contributed by atoms with Crippen LogP contribution in [0.15, 0.2) is 59.6 Å². The average Bonchev–Trinajstić information content (AvgIpc) is 2.84. The molecule has 0 saturated carbocycles. The molecule has 4 nitrogen and oxygen atoms in total. The Morgan fingerprint density at radius 3 is 2.39 bits per heavy atom. The van der Waals surface area contributed by atoms with Crippen molar-refractivity contribution in [1.29, 1.82) is 0 Å². The summed E-state index contributed by atoms with van der Waals surface area (Å²) in [6, 6.07) is 15.1. The van der Waals surface area contributed by atoms with Gasteiger partial charge in [0.2, 0.25) is 5.91 Å². The van der Waals surface area contributed by atoms with Gasteiger partial charge in [-0.2, -0.15) is 0 Å². The molecule has 0 radical (unpaired) electrons. The third-order valence-corrected chi connectivity index (χ3v) is 3.65. The number of hydrogen-bond acceptors (Lipinski definition) is 3. The minimum absolute atomic E-state index is 0.00893. The molecule has 5 heteroatoms. The summed E-state index contributed by atoms with van der Waals surface area (Å²) in [6.07, 6.45) is 0.702. The second-order valence-electron chi connectivity index (χ2n) is 5.25. The highest BCUT2D eigenvalue weighted by atomic mass is 19.1. The van der Waals surface area contributed by atoms with Gasteiger partial charge in [-0.3, -0.25) is 14.6 Å². The summed E-state index contributed by atoms with van der Waals surface area (Å²) in [5.41, 5.74) is 1.76. The van der Waals surface area contributed by atoms with Crippen LogP contribution < -0.4 is 4.90 Å². The number of carbonyl (C=O) groups is 2. The van der Waals surface area contributed by atoms with E-state index in [-0.39, 0.29) is 18.0 Å². The fourth-order valence-corrected chi connectivity index (χ4v) is 2.48. The van der Waals surface area contributed by atoms with Crippen LogP contribution in [0.25, 0.3) is 0 Å². The smallest absolute Gasteiger partial charge is 0.279 e. The lowest BCUT2D eigenvalue weighted by Gasteiger charge is -2.12. The Morgan fingerprint density at radius 1 is 1.00 bits per heavy atom. The summed E-state index contributed by atoms with van der Waals surface area (Å²) >= 11 is 0. The number of carbonyl (C=O) groups excluding carboxylic acids is 2. The van der Waals surface area contributed by atoms with Crippen LogP contribution in [0.1, 0.15) is 12.0 Å². The Balaban J connectivity index is 1.70. The van der Waals surface area contributed by atoms with Crippen molar-refractivity contribution in [1.82, 2.24) is 0 Å². The third kappa shape index (κ3) is 3.34. The number of rotatable bonds is 4. The molecule has 1 aliphatic rings. The molecule has 1 fully saturated rings. The van der Waals surface area contributed by atoms with Crippen LogP contribution in [-0.2, 0) is 16.0 Å². The zero-order chi connectivity index (χ0) is 16.2. The van der Waals surface area contributed by atoms with Crippen LogP contribution in [0.3, 0.4) is 0 Å². The highest BCUT2D eigenvalue weighted by Gasteiger charge is 2.36. The first kappa shape index (κ1) is 15.1. The predicted octanol–water partition coefficient (Wildman–Crippen LogP) is 2.77. The number of anilines is 1. The van der Waals surface area contributed by atoms with Crippen molar-refractivity contribution in [3.63, 3.8) is 0 Å². The van der Waals surface area contributed by atoms with Crippen molar-refractivity contribution < 1.29 is 14.0 Å². The standard InChI is InChI=1S/C18H15FN2O2/c19-14-6-8-15(9-7-14)21-17(22)12-16(18(21)23)20-11-10-13-4-2-1-3-5-13/h1-9H,10-12H2. The topological polar surface area (TPSA) is 49.7 Å². The van der Waals surface area contributed by atoms with Crippen LogP contribution in [0, 0.1) is 5.82 Å². The van der Waals surface area contributed by atoms with Crippen LogP contribution in [0.2, 0.25) is 0 Å². The van der Waals surface area contributed by atoms with E-state index in [1.54, 1.807) is 0 Å². The Morgan fingerprint density at radius 2 is 1.70 bits per heavy atom. The maximum atomic E-state index is 13.0. The van der Waals surface area contributed by atoms with E-state index < -0.39 is 11.7 Å². The number of imide groups is 1. The molecule has 3 rings (SSSR count). The van der Waals surface area contributed by atoms with Crippen LogP contribution in [-0.4, -0.2) is 24.1 Å². The van der Waals surface area contributed by atoms with E-state index in [1.807, 2.05) is 30.3 Å². The van der Waals surface area contributed by atoms with Crippen molar-refractivity contribution in [3.8, 4) is 0 Å². The predicted molar refractivity (Wildman–Crippen MR) is 86.0 cm³/mol. The number of benzene rings is 2. The normalized spacial score (nSPS) is 16.4. The zero-order valence-corrected chi connectivity index (χ0v) is 12.4. The van der Waals surface area contributed by atoms with Crippen LogP contribution in [0.4, 0.5) is 10.1 Å². The van der Waals surface area contributed by atoms with Gasteiger partial charge in [-0.25, -0.2) is 9.29 Å². The maximum absolute atomic E-state index is 13.0. The monoisotopic (exact) mass is 310 g/mol. The fraction of sp³-hybridized carbons (Fsp3) is 0.167. The number of nitrogens with zero attached hydrogens (tertiary/aromatic N) is 2. The molecule has 2 aromatic rings. The molecule has 0 aliphatic carbocycles. The average molecular weight is 310 g/mol. The molecule has 0 atom stereocenters. The molecule has 1 saturated heterocycles. The Bertz CT molecular complexity index is 754. The Labute approximate surface area is 133 Å². The van der Waals surface area contributed by atoms with Crippen molar-refractivity contribution >= 4 is 23.2 Å². The van der Waals surface area contributed by atoms with Gasteiger partial charge >= 0.3 is 0 Å². The van der Waals surface area contributed by atoms with E-state index in [4.69, 9.17) is 0 Å². The van der Waals surface area contributed by atoms with Gasteiger partial charge in [-0.1, -0.05) is 30.3 Å². The fourth-order valence-electron chi connectivity index (χ4n) is 2.48. The van der Waals surface area contributed by atoms with E-state index in [0.29, 0.717) is 18.7 Å². The quantitative estimate of drug-likeness (QED) is 0.815. The van der Waals surface area contributed by atoms with E-state index in [1.165, 1.54) is 24.3 Å². The van der Waals surface area contributed by atoms with Crippen LogP contribution >= 0.6 is 0 Å². The Hall–Kier alpha value is -2.82. The summed E-state index contributed by atoms with van der Waals surface area (Å²) in [5, 5.41) is 0. The lowest BCUT2D eigenvalue weighted by atomic mass is 10.1. The maximum Gasteiger partial charge on any atom is 0.279 e. The zero-order valence-electron chi connectivity index (χ0n) is 12.4. The summed E-state index contributed by atoms with van der Waals surface area (Å²) < 4.78 is 13.0. The van der Waals surface area contributed by atoms with E-state index in [2.05, 4.69) is 4.99 Å². The van der Waals surface area contributed by atoms with Gasteiger partial charge < -0.3 is 0 Å². The van der Waals surface area contributed by atoms with Gasteiger partial charge in [0.15, 0.2) is 0 Å². The number of aliphatic imine (C=N–C) groups is 1. The SMILES string of the molecule is O=C1CC(=NCCc2ccccc2)C(=O)N1c1ccc(F)cc1. The molecular formula is C18H15FN2O2. The summed E-state index contributed by atoms with van der Waals surface area (Å²) in [7, 11) is 0. The van der Waals surface area contributed by atoms with Gasteiger partial charge in [0.05, 0.1) is 12.1 Å². The highest BCUT2D eigenvalue weighted by molar-refractivity contribution is 6.56. The molecule has 0 unspecified atom stereocenters. The second kappa shape index (κ2) is 6.52. The molecule has 0 N–H and O–H groups in total. The Kier molecular flexibility index (Phi) is 4.28. The molecule has 0 aromatic heterocycles. The van der Waals surface area contributed by atoms with Gasteiger partial charge in [0, 0.05) is 6.54 Å². The molecule has 23 heavy (non-hydrogen) atoms. The number of hydrogen-bond donors (Lipinski definition) is 0. The van der Waals surface area contributed by atoms with Crippen molar-refractivity contribution in [2.75, 3.05) is 11.4 Å². The molecule has 1 heterocycles. The molecule has 116 valence electrons. The minimum atomic E-state index is -0.422. The van der Waals surface area contributed by atoms with E-state index in [0.717, 1.165) is 10.5 Å². The lowest BCUT2D eigenvalue weighted by molar-refractivity contribution is -0.120. The largest absolute Gasteiger partial charge is 0.283 e. The van der Waals surface area contributed by atoms with Crippen molar-refractivity contribution in [2.45, 2.75) is 12.8 Å². The molecule has 2 amide bonds. The first-order valence-corrected chi connectivity index (χ1v) is 7.35.